The molecule has 0 aliphatic carbocycles. The lowest BCUT2D eigenvalue weighted by Gasteiger charge is -2.37. The summed E-state index contributed by atoms with van der Waals surface area (Å²) >= 11 is 0. The molecule has 1 aliphatic heterocycles. The summed E-state index contributed by atoms with van der Waals surface area (Å²) in [5, 5.41) is 12.2. The number of carbonyl (C=O) groups excluding carboxylic acids is 1. The van der Waals surface area contributed by atoms with Gasteiger partial charge in [0.2, 0.25) is 0 Å². The number of rotatable bonds is 5. The molecule has 2 N–H and O–H groups in total. The predicted molar refractivity (Wildman–Crippen MR) is 65.8 cm³/mol. The fourth-order valence-corrected chi connectivity index (χ4v) is 1.74. The second-order valence-electron chi connectivity index (χ2n) is 4.57. The van der Waals surface area contributed by atoms with Crippen LogP contribution in [-0.4, -0.2) is 36.6 Å². The summed E-state index contributed by atoms with van der Waals surface area (Å²) < 4.78 is 4.97. The lowest BCUT2D eigenvalue weighted by atomic mass is 9.86. The van der Waals surface area contributed by atoms with E-state index in [9.17, 15) is 9.59 Å². The molecule has 0 amide bonds. The monoisotopic (exact) mass is 249 g/mol. The molecule has 1 saturated heterocycles. The number of anilines is 1. The van der Waals surface area contributed by atoms with Gasteiger partial charge in [0.05, 0.1) is 13.2 Å². The zero-order chi connectivity index (χ0) is 13.2. The van der Waals surface area contributed by atoms with Crippen LogP contribution in [0.5, 0.6) is 0 Å². The first-order valence-corrected chi connectivity index (χ1v) is 5.69. The Labute approximate surface area is 105 Å². The third-order valence-corrected chi connectivity index (χ3v) is 3.13. The Morgan fingerprint density at radius 2 is 1.94 bits per heavy atom. The Morgan fingerprint density at radius 3 is 2.33 bits per heavy atom. The molecule has 5 heteroatoms. The van der Waals surface area contributed by atoms with Gasteiger partial charge in [-0.15, -0.1) is 0 Å². The van der Waals surface area contributed by atoms with E-state index in [1.165, 1.54) is 6.92 Å². The van der Waals surface area contributed by atoms with Crippen LogP contribution in [0, 0.1) is 5.41 Å². The minimum Gasteiger partial charge on any atom is -0.481 e. The molecule has 0 bridgehead atoms. The standard InChI is InChI=1S/C13H15NO4/c1-9(15)10-2-4-11(5-3-10)14-6-13(12(16)17)7-18-8-13/h2-5,14H,6-8H2,1H3,(H,16,17). The summed E-state index contributed by atoms with van der Waals surface area (Å²) in [6.07, 6.45) is 0. The Balaban J connectivity index is 1.98. The lowest BCUT2D eigenvalue weighted by Crippen LogP contribution is -2.53. The molecule has 1 aromatic rings. The van der Waals surface area contributed by atoms with Gasteiger partial charge in [-0.2, -0.15) is 0 Å². The molecule has 1 fully saturated rings. The van der Waals surface area contributed by atoms with Crippen LogP contribution in [0.2, 0.25) is 0 Å². The highest BCUT2D eigenvalue weighted by Gasteiger charge is 2.46. The molecule has 96 valence electrons. The van der Waals surface area contributed by atoms with Gasteiger partial charge in [-0.3, -0.25) is 9.59 Å². The third-order valence-electron chi connectivity index (χ3n) is 3.13. The van der Waals surface area contributed by atoms with E-state index in [0.717, 1.165) is 5.69 Å². The minimum atomic E-state index is -0.846. The van der Waals surface area contributed by atoms with E-state index in [2.05, 4.69) is 5.32 Å². The maximum atomic E-state index is 11.1. The highest BCUT2D eigenvalue weighted by molar-refractivity contribution is 5.94. The number of Topliss-reactive ketones (excluding diaryl/α,β-unsaturated/α-hetero) is 1. The maximum absolute atomic E-state index is 11.1. The molecule has 0 radical (unpaired) electrons. The van der Waals surface area contributed by atoms with Gasteiger partial charge in [0, 0.05) is 17.8 Å². The average Bonchev–Trinajstić information content (AvgIpc) is 2.27. The van der Waals surface area contributed by atoms with Gasteiger partial charge in [-0.1, -0.05) is 0 Å². The molecule has 0 unspecified atom stereocenters. The van der Waals surface area contributed by atoms with Crippen LogP contribution in [0.4, 0.5) is 5.69 Å². The van der Waals surface area contributed by atoms with E-state index < -0.39 is 11.4 Å². The first-order valence-electron chi connectivity index (χ1n) is 5.69. The topological polar surface area (TPSA) is 75.6 Å². The normalized spacial score (nSPS) is 16.7. The number of ketones is 1. The fraction of sp³-hybridized carbons (Fsp3) is 0.385. The van der Waals surface area contributed by atoms with Gasteiger partial charge in [0.15, 0.2) is 5.78 Å². The van der Waals surface area contributed by atoms with Crippen LogP contribution in [-0.2, 0) is 9.53 Å². The first kappa shape index (κ1) is 12.6. The smallest absolute Gasteiger partial charge is 0.316 e. The molecule has 1 aliphatic rings. The molecule has 0 aromatic heterocycles. The second kappa shape index (κ2) is 4.78. The number of ether oxygens (including phenoxy) is 1. The van der Waals surface area contributed by atoms with Crippen LogP contribution in [0.3, 0.4) is 0 Å². The van der Waals surface area contributed by atoms with E-state index in [1.54, 1.807) is 24.3 Å². The SMILES string of the molecule is CC(=O)c1ccc(NCC2(C(=O)O)COC2)cc1. The Bertz CT molecular complexity index is 462. The van der Waals surface area contributed by atoms with E-state index in [4.69, 9.17) is 9.84 Å². The molecular weight excluding hydrogens is 234 g/mol. The Hall–Kier alpha value is -1.88. The van der Waals surface area contributed by atoms with Crippen molar-refractivity contribution in [2.45, 2.75) is 6.92 Å². The molecule has 0 atom stereocenters. The van der Waals surface area contributed by atoms with Crippen molar-refractivity contribution in [2.24, 2.45) is 5.41 Å². The van der Waals surface area contributed by atoms with Crippen LogP contribution in [0.15, 0.2) is 24.3 Å². The summed E-state index contributed by atoms with van der Waals surface area (Å²) in [7, 11) is 0. The van der Waals surface area contributed by atoms with Crippen LogP contribution in [0.1, 0.15) is 17.3 Å². The van der Waals surface area contributed by atoms with Crippen molar-refractivity contribution in [1.29, 1.82) is 0 Å². The number of hydrogen-bond donors (Lipinski definition) is 2. The summed E-state index contributed by atoms with van der Waals surface area (Å²) in [4.78, 5) is 22.2. The molecule has 2 rings (SSSR count). The molecule has 18 heavy (non-hydrogen) atoms. The minimum absolute atomic E-state index is 0.0101. The van der Waals surface area contributed by atoms with Crippen molar-refractivity contribution in [3.05, 3.63) is 29.8 Å². The van der Waals surface area contributed by atoms with Gasteiger partial charge < -0.3 is 15.2 Å². The summed E-state index contributed by atoms with van der Waals surface area (Å²) in [6, 6.07) is 6.97. The lowest BCUT2D eigenvalue weighted by molar-refractivity contribution is -0.176. The summed E-state index contributed by atoms with van der Waals surface area (Å²) in [5.41, 5.74) is 0.618. The largest absolute Gasteiger partial charge is 0.481 e. The number of hydrogen-bond acceptors (Lipinski definition) is 4. The molecule has 1 heterocycles. The van der Waals surface area contributed by atoms with Crippen molar-refractivity contribution in [1.82, 2.24) is 0 Å². The summed E-state index contributed by atoms with van der Waals surface area (Å²) in [6.45, 7) is 2.30. The number of carbonyl (C=O) groups is 2. The quantitative estimate of drug-likeness (QED) is 0.771. The van der Waals surface area contributed by atoms with Gasteiger partial charge >= 0.3 is 5.97 Å². The number of aliphatic carboxylic acids is 1. The molecular formula is C13H15NO4. The van der Waals surface area contributed by atoms with Crippen LogP contribution < -0.4 is 5.32 Å². The van der Waals surface area contributed by atoms with Crippen molar-refractivity contribution in [3.63, 3.8) is 0 Å². The average molecular weight is 249 g/mol. The van der Waals surface area contributed by atoms with Crippen molar-refractivity contribution in [2.75, 3.05) is 25.1 Å². The van der Waals surface area contributed by atoms with Crippen LogP contribution >= 0.6 is 0 Å². The zero-order valence-corrected chi connectivity index (χ0v) is 10.1. The van der Waals surface area contributed by atoms with Gasteiger partial charge in [0.25, 0.3) is 0 Å². The van der Waals surface area contributed by atoms with Gasteiger partial charge in [-0.05, 0) is 31.2 Å². The second-order valence-corrected chi connectivity index (χ2v) is 4.57. The highest BCUT2D eigenvalue weighted by atomic mass is 16.5. The zero-order valence-electron chi connectivity index (χ0n) is 10.1. The molecule has 1 aromatic carbocycles. The van der Waals surface area contributed by atoms with E-state index in [1.807, 2.05) is 0 Å². The number of carboxylic acids is 1. The van der Waals surface area contributed by atoms with Crippen LogP contribution in [0.25, 0.3) is 0 Å². The summed E-state index contributed by atoms with van der Waals surface area (Å²) in [5.74, 6) is -0.836. The number of carboxylic acid groups (broad SMARTS) is 1. The van der Waals surface area contributed by atoms with Gasteiger partial charge in [-0.25, -0.2) is 0 Å². The fourth-order valence-electron chi connectivity index (χ4n) is 1.74. The maximum Gasteiger partial charge on any atom is 0.316 e. The number of benzene rings is 1. The van der Waals surface area contributed by atoms with Crippen molar-refractivity contribution in [3.8, 4) is 0 Å². The van der Waals surface area contributed by atoms with Crippen molar-refractivity contribution < 1.29 is 19.4 Å². The third kappa shape index (κ3) is 2.36. The van der Waals surface area contributed by atoms with E-state index in [-0.39, 0.29) is 19.0 Å². The first-order chi connectivity index (χ1) is 8.53. The number of nitrogens with one attached hydrogen (secondary N) is 1. The molecule has 5 nitrogen and oxygen atoms in total. The molecule has 0 saturated carbocycles. The highest BCUT2D eigenvalue weighted by Crippen LogP contribution is 2.28. The van der Waals surface area contributed by atoms with E-state index >= 15 is 0 Å². The predicted octanol–water partition coefficient (Wildman–Crippen LogP) is 1.40. The Morgan fingerprint density at radius 1 is 1.33 bits per heavy atom. The Kier molecular flexibility index (Phi) is 3.34. The van der Waals surface area contributed by atoms with Crippen molar-refractivity contribution >= 4 is 17.4 Å². The van der Waals surface area contributed by atoms with Gasteiger partial charge in [0.1, 0.15) is 5.41 Å². The van der Waals surface area contributed by atoms with E-state index in [0.29, 0.717) is 12.1 Å². The molecule has 0 spiro atoms.